The van der Waals surface area contributed by atoms with Crippen molar-refractivity contribution in [3.8, 4) is 0 Å². The highest BCUT2D eigenvalue weighted by atomic mass is 32.2. The lowest BCUT2D eigenvalue weighted by molar-refractivity contribution is -0.384. The van der Waals surface area contributed by atoms with Crippen LogP contribution in [0, 0.1) is 10.1 Å². The van der Waals surface area contributed by atoms with E-state index < -0.39 is 40.6 Å². The van der Waals surface area contributed by atoms with Crippen LogP contribution in [-0.2, 0) is 19.1 Å². The van der Waals surface area contributed by atoms with Gasteiger partial charge < -0.3 is 20.1 Å². The molecule has 2 N–H and O–H groups in total. The lowest BCUT2D eigenvalue weighted by atomic mass is 10.0. The Balaban J connectivity index is 3.10. The van der Waals surface area contributed by atoms with Gasteiger partial charge in [0.25, 0.3) is 5.69 Å². The monoisotopic (exact) mass is 469 g/mol. The number of hydrogen-bond acceptors (Lipinski definition) is 8. The number of nitro groups is 1. The molecule has 0 fully saturated rings. The van der Waals surface area contributed by atoms with Crippen molar-refractivity contribution in [3.63, 3.8) is 0 Å². The lowest BCUT2D eigenvalue weighted by Crippen LogP contribution is -2.49. The topological polar surface area (TPSA) is 137 Å². The molecule has 0 saturated carbocycles. The second-order valence-corrected chi connectivity index (χ2v) is 8.89. The zero-order valence-corrected chi connectivity index (χ0v) is 19.8. The van der Waals surface area contributed by atoms with E-state index in [1.54, 1.807) is 33.8 Å². The van der Waals surface area contributed by atoms with E-state index in [9.17, 15) is 24.5 Å². The van der Waals surface area contributed by atoms with Crippen molar-refractivity contribution in [1.82, 2.24) is 10.6 Å². The average molecular weight is 470 g/mol. The van der Waals surface area contributed by atoms with Gasteiger partial charge in [-0.25, -0.2) is 4.79 Å². The summed E-state index contributed by atoms with van der Waals surface area (Å²) >= 11 is 1.50. The minimum atomic E-state index is -0.916. The summed E-state index contributed by atoms with van der Waals surface area (Å²) in [5.74, 6) is -0.511. The van der Waals surface area contributed by atoms with Crippen LogP contribution in [0.25, 0.3) is 0 Å². The van der Waals surface area contributed by atoms with Gasteiger partial charge in [0.2, 0.25) is 5.91 Å². The molecule has 0 saturated heterocycles. The fraction of sp³-hybridized carbons (Fsp3) is 0.571. The molecule has 1 rings (SSSR count). The Bertz CT molecular complexity index is 811. The number of amides is 2. The number of ether oxygens (including phenoxy) is 2. The zero-order valence-electron chi connectivity index (χ0n) is 19.0. The molecule has 0 heterocycles. The maximum Gasteiger partial charge on any atom is 0.408 e. The highest BCUT2D eigenvalue weighted by Crippen LogP contribution is 2.23. The molecule has 11 heteroatoms. The van der Waals surface area contributed by atoms with Crippen molar-refractivity contribution < 1.29 is 28.8 Å². The Morgan fingerprint density at radius 1 is 1.22 bits per heavy atom. The maximum atomic E-state index is 13.0. The van der Waals surface area contributed by atoms with E-state index in [0.29, 0.717) is 17.7 Å². The first-order chi connectivity index (χ1) is 15.0. The number of hydrogen-bond donors (Lipinski definition) is 2. The molecule has 0 aliphatic carbocycles. The third-order valence-corrected chi connectivity index (χ3v) is 4.74. The number of thioether (sulfide) groups is 1. The first-order valence-electron chi connectivity index (χ1n) is 10.2. The van der Waals surface area contributed by atoms with E-state index in [2.05, 4.69) is 10.6 Å². The van der Waals surface area contributed by atoms with E-state index in [4.69, 9.17) is 9.47 Å². The number of nitrogens with zero attached hydrogens (tertiary/aromatic N) is 1. The molecule has 1 aromatic rings. The summed E-state index contributed by atoms with van der Waals surface area (Å²) in [4.78, 5) is 47.9. The van der Waals surface area contributed by atoms with Gasteiger partial charge in [-0.1, -0.05) is 12.1 Å². The van der Waals surface area contributed by atoms with Crippen molar-refractivity contribution in [3.05, 3.63) is 39.9 Å². The van der Waals surface area contributed by atoms with Gasteiger partial charge in [-0.2, -0.15) is 11.8 Å². The Morgan fingerprint density at radius 3 is 2.47 bits per heavy atom. The highest BCUT2D eigenvalue weighted by molar-refractivity contribution is 7.98. The summed E-state index contributed by atoms with van der Waals surface area (Å²) in [6, 6.07) is 3.87. The molecule has 178 valence electrons. The first kappa shape index (κ1) is 27.2. The molecule has 2 unspecified atom stereocenters. The van der Waals surface area contributed by atoms with Crippen LogP contribution in [0.15, 0.2) is 24.3 Å². The highest BCUT2D eigenvalue weighted by Gasteiger charge is 2.28. The van der Waals surface area contributed by atoms with E-state index in [1.165, 1.54) is 30.0 Å². The summed E-state index contributed by atoms with van der Waals surface area (Å²) < 4.78 is 10.2. The van der Waals surface area contributed by atoms with Crippen LogP contribution in [0.4, 0.5) is 10.5 Å². The predicted molar refractivity (Wildman–Crippen MR) is 121 cm³/mol. The number of nitro benzene ring substituents is 1. The summed E-state index contributed by atoms with van der Waals surface area (Å²) in [6.07, 6.45) is 1.24. The van der Waals surface area contributed by atoms with Crippen LogP contribution in [0.1, 0.15) is 52.1 Å². The van der Waals surface area contributed by atoms with Crippen LogP contribution in [-0.4, -0.2) is 53.2 Å². The SMILES string of the molecule is CCOC(=O)CC(NC(=O)C(CCSC)NC(=O)OC(C)(C)C)c1cccc([N+](=O)[O-])c1. The van der Waals surface area contributed by atoms with Gasteiger partial charge in [-0.3, -0.25) is 19.7 Å². The summed E-state index contributed by atoms with van der Waals surface area (Å²) in [5, 5.41) is 16.4. The molecular weight excluding hydrogens is 438 g/mol. The summed E-state index contributed by atoms with van der Waals surface area (Å²) in [7, 11) is 0. The molecule has 2 amide bonds. The van der Waals surface area contributed by atoms with Crippen molar-refractivity contribution in [2.75, 3.05) is 18.6 Å². The molecule has 0 aromatic heterocycles. The Morgan fingerprint density at radius 2 is 1.91 bits per heavy atom. The smallest absolute Gasteiger partial charge is 0.408 e. The number of alkyl carbamates (subject to hydrolysis) is 1. The number of carbonyl (C=O) groups is 3. The van der Waals surface area contributed by atoms with Crippen molar-refractivity contribution in [1.29, 1.82) is 0 Å². The van der Waals surface area contributed by atoms with E-state index in [0.717, 1.165) is 0 Å². The van der Waals surface area contributed by atoms with E-state index in [-0.39, 0.29) is 18.7 Å². The molecule has 2 atom stereocenters. The minimum Gasteiger partial charge on any atom is -0.466 e. The van der Waals surface area contributed by atoms with Crippen LogP contribution < -0.4 is 10.6 Å². The van der Waals surface area contributed by atoms with Gasteiger partial charge in [0.1, 0.15) is 11.6 Å². The van der Waals surface area contributed by atoms with Crippen LogP contribution in [0.3, 0.4) is 0 Å². The van der Waals surface area contributed by atoms with E-state index >= 15 is 0 Å². The quantitative estimate of drug-likeness (QED) is 0.286. The van der Waals surface area contributed by atoms with Crippen LogP contribution >= 0.6 is 11.8 Å². The van der Waals surface area contributed by atoms with E-state index in [1.807, 2.05) is 6.26 Å². The fourth-order valence-electron chi connectivity index (χ4n) is 2.72. The maximum absolute atomic E-state index is 13.0. The van der Waals surface area contributed by atoms with Gasteiger partial charge in [0, 0.05) is 12.1 Å². The average Bonchev–Trinajstić information content (AvgIpc) is 2.69. The Hall–Kier alpha value is -2.82. The van der Waals surface area contributed by atoms with Crippen molar-refractivity contribution >= 4 is 35.4 Å². The molecule has 0 aliphatic rings. The number of benzene rings is 1. The zero-order chi connectivity index (χ0) is 24.3. The second kappa shape index (κ2) is 12.9. The van der Waals surface area contributed by atoms with Gasteiger partial charge in [-0.05, 0) is 51.7 Å². The molecule has 10 nitrogen and oxygen atoms in total. The van der Waals surface area contributed by atoms with Gasteiger partial charge >= 0.3 is 12.1 Å². The largest absolute Gasteiger partial charge is 0.466 e. The van der Waals surface area contributed by atoms with Gasteiger partial charge in [-0.15, -0.1) is 0 Å². The molecule has 0 radical (unpaired) electrons. The van der Waals surface area contributed by atoms with Gasteiger partial charge in [0.05, 0.1) is 24.0 Å². The van der Waals surface area contributed by atoms with Crippen molar-refractivity contribution in [2.24, 2.45) is 0 Å². The number of rotatable bonds is 11. The molecule has 0 spiro atoms. The minimum absolute atomic E-state index is 0.158. The molecule has 0 aliphatic heterocycles. The number of nitrogens with one attached hydrogen (secondary N) is 2. The van der Waals surface area contributed by atoms with Crippen molar-refractivity contribution in [2.45, 2.75) is 58.2 Å². The third kappa shape index (κ3) is 9.99. The molecular formula is C21H31N3O7S. The Labute approximate surface area is 191 Å². The third-order valence-electron chi connectivity index (χ3n) is 4.09. The summed E-state index contributed by atoms with van der Waals surface area (Å²) in [5.41, 5.74) is -0.530. The standard InChI is InChI=1S/C21H31N3O7S/c1-6-30-18(25)13-17(14-8-7-9-15(12-14)24(28)29)22-19(26)16(10-11-32-5)23-20(27)31-21(2,3)4/h7-9,12,16-17H,6,10-11,13H2,1-5H3,(H,22,26)(H,23,27). The molecule has 1 aromatic carbocycles. The number of carbonyl (C=O) groups excluding carboxylic acids is 3. The predicted octanol–water partition coefficient (Wildman–Crippen LogP) is 3.35. The number of non-ortho nitro benzene ring substituents is 1. The van der Waals surface area contributed by atoms with Crippen LogP contribution in [0.2, 0.25) is 0 Å². The Kier molecular flexibility index (Phi) is 11.0. The normalized spacial score (nSPS) is 12.9. The first-order valence-corrected chi connectivity index (χ1v) is 11.5. The van der Waals surface area contributed by atoms with Gasteiger partial charge in [0.15, 0.2) is 0 Å². The fourth-order valence-corrected chi connectivity index (χ4v) is 3.19. The molecule has 32 heavy (non-hydrogen) atoms. The number of esters is 1. The van der Waals surface area contributed by atoms with Crippen LogP contribution in [0.5, 0.6) is 0 Å². The second-order valence-electron chi connectivity index (χ2n) is 7.90. The summed E-state index contributed by atoms with van der Waals surface area (Å²) in [6.45, 7) is 6.94. The lowest BCUT2D eigenvalue weighted by Gasteiger charge is -2.25. The molecule has 0 bridgehead atoms.